The standard InChI is InChI=1S/C12H13NO/c1-8-6-10-4-3-5-11(7-9(2)14)12(10)13-8/h3-6,13H,7H2,1-2H3. The van der Waals surface area contributed by atoms with Crippen molar-refractivity contribution in [2.45, 2.75) is 20.3 Å². The molecule has 0 fully saturated rings. The van der Waals surface area contributed by atoms with Gasteiger partial charge in [0.25, 0.3) is 0 Å². The zero-order chi connectivity index (χ0) is 10.1. The van der Waals surface area contributed by atoms with E-state index in [9.17, 15) is 4.79 Å². The topological polar surface area (TPSA) is 32.9 Å². The van der Waals surface area contributed by atoms with E-state index in [2.05, 4.69) is 17.1 Å². The van der Waals surface area contributed by atoms with Crippen LogP contribution in [0.15, 0.2) is 24.3 Å². The summed E-state index contributed by atoms with van der Waals surface area (Å²) in [5, 5.41) is 1.18. The van der Waals surface area contributed by atoms with Crippen LogP contribution < -0.4 is 0 Å². The lowest BCUT2D eigenvalue weighted by Crippen LogP contribution is -1.96. The van der Waals surface area contributed by atoms with Gasteiger partial charge in [0.05, 0.1) is 0 Å². The Hall–Kier alpha value is -1.57. The van der Waals surface area contributed by atoms with Crippen LogP contribution in [-0.2, 0) is 11.2 Å². The van der Waals surface area contributed by atoms with Crippen LogP contribution in [0.4, 0.5) is 0 Å². The van der Waals surface area contributed by atoms with Gasteiger partial charge in [-0.05, 0) is 30.9 Å². The SMILES string of the molecule is CC(=O)Cc1cccc2cc(C)[nH]c12. The van der Waals surface area contributed by atoms with E-state index in [4.69, 9.17) is 0 Å². The third kappa shape index (κ3) is 1.55. The van der Waals surface area contributed by atoms with Gasteiger partial charge >= 0.3 is 0 Å². The number of aryl methyl sites for hydroxylation is 1. The van der Waals surface area contributed by atoms with Crippen molar-refractivity contribution in [3.63, 3.8) is 0 Å². The summed E-state index contributed by atoms with van der Waals surface area (Å²) in [6.07, 6.45) is 0.511. The minimum atomic E-state index is 0.199. The summed E-state index contributed by atoms with van der Waals surface area (Å²) in [4.78, 5) is 14.3. The molecular formula is C12H13NO. The van der Waals surface area contributed by atoms with Gasteiger partial charge in [0, 0.05) is 17.6 Å². The van der Waals surface area contributed by atoms with E-state index in [0.717, 1.165) is 16.8 Å². The normalized spacial score (nSPS) is 10.7. The number of carbonyl (C=O) groups is 1. The van der Waals surface area contributed by atoms with E-state index in [0.29, 0.717) is 6.42 Å². The van der Waals surface area contributed by atoms with E-state index in [1.807, 2.05) is 19.1 Å². The third-order valence-electron chi connectivity index (χ3n) is 2.32. The first kappa shape index (κ1) is 9.00. The lowest BCUT2D eigenvalue weighted by molar-refractivity contribution is -0.116. The van der Waals surface area contributed by atoms with Crippen LogP contribution >= 0.6 is 0 Å². The van der Waals surface area contributed by atoms with Crippen LogP contribution in [-0.4, -0.2) is 10.8 Å². The van der Waals surface area contributed by atoms with Gasteiger partial charge in [-0.3, -0.25) is 4.79 Å². The van der Waals surface area contributed by atoms with Gasteiger partial charge < -0.3 is 4.98 Å². The second-order valence-corrected chi connectivity index (χ2v) is 3.71. The molecule has 2 nitrogen and oxygen atoms in total. The molecule has 0 atom stereocenters. The van der Waals surface area contributed by atoms with Crippen LogP contribution in [0.25, 0.3) is 10.9 Å². The molecule has 2 heteroatoms. The van der Waals surface area contributed by atoms with Gasteiger partial charge in [0.2, 0.25) is 0 Å². The molecule has 0 unspecified atom stereocenters. The predicted octanol–water partition coefficient (Wildman–Crippen LogP) is 2.61. The molecule has 0 bridgehead atoms. The first-order chi connectivity index (χ1) is 6.66. The highest BCUT2D eigenvalue weighted by Crippen LogP contribution is 2.19. The van der Waals surface area contributed by atoms with Crippen molar-refractivity contribution in [3.8, 4) is 0 Å². The monoisotopic (exact) mass is 187 g/mol. The number of ketones is 1. The molecule has 1 aromatic heterocycles. The maximum Gasteiger partial charge on any atom is 0.134 e. The molecule has 0 aliphatic carbocycles. The first-order valence-corrected chi connectivity index (χ1v) is 4.73. The Balaban J connectivity index is 2.58. The molecule has 0 aliphatic heterocycles. The number of Topliss-reactive ketones (excluding diaryl/α,β-unsaturated/α-hetero) is 1. The van der Waals surface area contributed by atoms with E-state index < -0.39 is 0 Å². The molecule has 0 radical (unpaired) electrons. The largest absolute Gasteiger partial charge is 0.358 e. The van der Waals surface area contributed by atoms with Crippen molar-refractivity contribution in [2.75, 3.05) is 0 Å². The Kier molecular flexibility index (Phi) is 2.12. The van der Waals surface area contributed by atoms with Crippen molar-refractivity contribution in [2.24, 2.45) is 0 Å². The van der Waals surface area contributed by atoms with Gasteiger partial charge in [-0.25, -0.2) is 0 Å². The maximum absolute atomic E-state index is 11.0. The number of benzene rings is 1. The Labute approximate surface area is 82.9 Å². The summed E-state index contributed by atoms with van der Waals surface area (Å²) in [5.41, 5.74) is 3.32. The number of hydrogen-bond acceptors (Lipinski definition) is 1. The van der Waals surface area contributed by atoms with Gasteiger partial charge in [0.1, 0.15) is 5.78 Å². The number of nitrogens with one attached hydrogen (secondary N) is 1. The smallest absolute Gasteiger partial charge is 0.134 e. The fourth-order valence-electron chi connectivity index (χ4n) is 1.77. The van der Waals surface area contributed by atoms with Crippen LogP contribution in [0.1, 0.15) is 18.2 Å². The lowest BCUT2D eigenvalue weighted by atomic mass is 10.1. The van der Waals surface area contributed by atoms with Gasteiger partial charge in [-0.15, -0.1) is 0 Å². The zero-order valence-corrected chi connectivity index (χ0v) is 8.42. The predicted molar refractivity (Wildman–Crippen MR) is 57.4 cm³/mol. The van der Waals surface area contributed by atoms with Crippen molar-refractivity contribution in [3.05, 3.63) is 35.5 Å². The highest BCUT2D eigenvalue weighted by atomic mass is 16.1. The first-order valence-electron chi connectivity index (χ1n) is 4.73. The molecule has 14 heavy (non-hydrogen) atoms. The van der Waals surface area contributed by atoms with Crippen molar-refractivity contribution in [1.82, 2.24) is 4.98 Å². The Morgan fingerprint density at radius 3 is 2.93 bits per heavy atom. The highest BCUT2D eigenvalue weighted by molar-refractivity contribution is 5.88. The third-order valence-corrected chi connectivity index (χ3v) is 2.32. The van der Waals surface area contributed by atoms with E-state index in [1.54, 1.807) is 6.92 Å². The molecule has 1 heterocycles. The molecule has 0 saturated carbocycles. The Morgan fingerprint density at radius 1 is 1.43 bits per heavy atom. The molecule has 2 rings (SSSR count). The second kappa shape index (κ2) is 3.29. The molecular weight excluding hydrogens is 174 g/mol. The van der Waals surface area contributed by atoms with Crippen LogP contribution in [0.3, 0.4) is 0 Å². The fraction of sp³-hybridized carbons (Fsp3) is 0.250. The average Bonchev–Trinajstić information content (AvgIpc) is 2.45. The highest BCUT2D eigenvalue weighted by Gasteiger charge is 2.04. The van der Waals surface area contributed by atoms with Crippen molar-refractivity contribution < 1.29 is 4.79 Å². The second-order valence-electron chi connectivity index (χ2n) is 3.71. The number of fused-ring (bicyclic) bond motifs is 1. The zero-order valence-electron chi connectivity index (χ0n) is 8.42. The Morgan fingerprint density at radius 2 is 2.21 bits per heavy atom. The van der Waals surface area contributed by atoms with Crippen LogP contribution in [0, 0.1) is 6.92 Å². The average molecular weight is 187 g/mol. The number of hydrogen-bond donors (Lipinski definition) is 1. The lowest BCUT2D eigenvalue weighted by Gasteiger charge is -1.99. The molecule has 0 spiro atoms. The van der Waals surface area contributed by atoms with Crippen molar-refractivity contribution >= 4 is 16.7 Å². The van der Waals surface area contributed by atoms with Crippen molar-refractivity contribution in [1.29, 1.82) is 0 Å². The van der Waals surface area contributed by atoms with Gasteiger partial charge in [0.15, 0.2) is 0 Å². The van der Waals surface area contributed by atoms with Crippen LogP contribution in [0.2, 0.25) is 0 Å². The van der Waals surface area contributed by atoms with Crippen LogP contribution in [0.5, 0.6) is 0 Å². The number of aromatic nitrogens is 1. The summed E-state index contributed by atoms with van der Waals surface area (Å²) >= 11 is 0. The summed E-state index contributed by atoms with van der Waals surface area (Å²) in [5.74, 6) is 0.199. The molecule has 72 valence electrons. The van der Waals surface area contributed by atoms with Gasteiger partial charge in [-0.2, -0.15) is 0 Å². The molecule has 0 saturated heterocycles. The summed E-state index contributed by atoms with van der Waals surface area (Å²) in [6.45, 7) is 3.65. The van der Waals surface area contributed by atoms with E-state index in [-0.39, 0.29) is 5.78 Å². The number of para-hydroxylation sites is 1. The molecule has 0 aliphatic rings. The minimum absolute atomic E-state index is 0.199. The Bertz CT molecular complexity index is 482. The summed E-state index contributed by atoms with van der Waals surface area (Å²) < 4.78 is 0. The fourth-order valence-corrected chi connectivity index (χ4v) is 1.77. The number of H-pyrrole nitrogens is 1. The quantitative estimate of drug-likeness (QED) is 0.770. The molecule has 1 aromatic carbocycles. The summed E-state index contributed by atoms with van der Waals surface area (Å²) in [7, 11) is 0. The van der Waals surface area contributed by atoms with E-state index >= 15 is 0 Å². The molecule has 0 amide bonds. The number of rotatable bonds is 2. The number of carbonyl (C=O) groups excluding carboxylic acids is 1. The minimum Gasteiger partial charge on any atom is -0.358 e. The van der Waals surface area contributed by atoms with Gasteiger partial charge in [-0.1, -0.05) is 18.2 Å². The number of aromatic amines is 1. The maximum atomic E-state index is 11.0. The van der Waals surface area contributed by atoms with E-state index in [1.165, 1.54) is 5.39 Å². The molecule has 1 N–H and O–H groups in total. The summed E-state index contributed by atoms with van der Waals surface area (Å²) in [6, 6.07) is 8.15. The molecule has 2 aromatic rings.